The fraction of sp³-hybridized carbons (Fsp3) is 0. The Kier molecular flexibility index (Phi) is 26.9. The van der Waals surface area contributed by atoms with E-state index in [1.165, 1.54) is 0 Å². The Bertz CT molecular complexity index is 29.0. The van der Waals surface area contributed by atoms with Gasteiger partial charge in [0.15, 0.2) is 0 Å². The molecule has 0 saturated carbocycles. The van der Waals surface area contributed by atoms with E-state index in [0.717, 1.165) is 0 Å². The summed E-state index contributed by atoms with van der Waals surface area (Å²) in [6.45, 7) is 0. The van der Waals surface area contributed by atoms with E-state index in [1.54, 1.807) is 0 Å². The van der Waals surface area contributed by atoms with Crippen molar-refractivity contribution in [3.8, 4) is 0 Å². The number of hydrogen-bond donors (Lipinski definition) is 0. The first-order valence-corrected chi connectivity index (χ1v) is 0.428. The largest absolute Gasteiger partial charge is 1.00 e. The zero-order valence-corrected chi connectivity index (χ0v) is 3.45. The molecule has 23 valence electrons. The smallest absolute Gasteiger partial charge is 0.724 e. The third-order valence-corrected chi connectivity index (χ3v) is 0. The topological polar surface area (TPSA) is 39.4 Å². The predicted octanol–water partition coefficient (Wildman–Crippen LogP) is -0.111. The van der Waals surface area contributed by atoms with Crippen LogP contribution in [0.25, 0.3) is 5.41 Å². The monoisotopic (exact) mass is 144 g/mol. The Labute approximate surface area is 36.5 Å². The normalized spacial score (nSPS) is 2.00. The second-order valence-electron chi connectivity index (χ2n) is 0.0913. The molecule has 2 nitrogen and oxygen atoms in total. The summed E-state index contributed by atoms with van der Waals surface area (Å²) < 4.78 is 0. The molecule has 0 fully saturated rings. The fourth-order valence-electron chi connectivity index (χ4n) is 0. The van der Waals surface area contributed by atoms with Gasteiger partial charge in [0.25, 0.3) is 0 Å². The average Bonchev–Trinajstić information content (AvgIpc) is 0.918. The molecule has 0 aromatic heterocycles. The summed E-state index contributed by atoms with van der Waals surface area (Å²) >= 11 is 0. The third-order valence-electron chi connectivity index (χ3n) is 0. The van der Waals surface area contributed by atoms with Crippen LogP contribution in [-0.4, -0.2) is 6.08 Å². The van der Waals surface area contributed by atoms with Gasteiger partial charge in [-0.3, -0.25) is 4.79 Å². The summed E-state index contributed by atoms with van der Waals surface area (Å²) in [5, 5.41) is 6.76. The van der Waals surface area contributed by atoms with Crippen molar-refractivity contribution in [3.63, 3.8) is 0 Å². The van der Waals surface area contributed by atoms with E-state index in [-0.39, 0.29) is 19.5 Å². The molecule has 0 unspecified atom stereocenters. The van der Waals surface area contributed by atoms with Crippen LogP contribution in [0.2, 0.25) is 0 Å². The molecule has 0 spiro atoms. The standard InChI is InChI=1S/CNO.Ru/c2-1-3;/q-1;+1. The summed E-state index contributed by atoms with van der Waals surface area (Å²) in [5.74, 6) is 0. The maximum absolute atomic E-state index is 8.24. The Morgan fingerprint density at radius 1 is 1.75 bits per heavy atom. The van der Waals surface area contributed by atoms with E-state index >= 15 is 0 Å². The van der Waals surface area contributed by atoms with Crippen molar-refractivity contribution in [2.75, 3.05) is 0 Å². The van der Waals surface area contributed by atoms with Crippen molar-refractivity contribution >= 4 is 6.08 Å². The molecule has 0 aromatic rings. The zero-order chi connectivity index (χ0) is 2.71. The average molecular weight is 143 g/mol. The van der Waals surface area contributed by atoms with Crippen molar-refractivity contribution in [2.45, 2.75) is 0 Å². The summed E-state index contributed by atoms with van der Waals surface area (Å²) in [7, 11) is 0. The van der Waals surface area contributed by atoms with E-state index in [1.807, 2.05) is 0 Å². The molecule has 0 saturated heterocycles. The molecule has 0 heterocycles. The fourth-order valence-corrected chi connectivity index (χ4v) is 0. The molecule has 0 bridgehead atoms. The third kappa shape index (κ3) is 177000. The van der Waals surface area contributed by atoms with E-state index < -0.39 is 0 Å². The van der Waals surface area contributed by atoms with Gasteiger partial charge in [-0.1, -0.05) is 0 Å². The molecule has 0 aliphatic carbocycles. The molecule has 0 rings (SSSR count). The van der Waals surface area contributed by atoms with Crippen LogP contribution in [0.4, 0.5) is 0 Å². The molecule has 0 amide bonds. The van der Waals surface area contributed by atoms with Crippen LogP contribution in [-0.2, 0) is 24.3 Å². The van der Waals surface area contributed by atoms with E-state index in [4.69, 9.17) is 10.2 Å². The van der Waals surface area contributed by atoms with Crippen LogP contribution >= 0.6 is 0 Å². The van der Waals surface area contributed by atoms with Gasteiger partial charge in [-0.25, -0.2) is 0 Å². The molecule has 1 radical (unpaired) electrons. The minimum absolute atomic E-state index is 0. The second kappa shape index (κ2) is 12.0. The van der Waals surface area contributed by atoms with E-state index in [2.05, 4.69) is 0 Å². The van der Waals surface area contributed by atoms with Crippen LogP contribution in [0.15, 0.2) is 0 Å². The van der Waals surface area contributed by atoms with Gasteiger partial charge in [-0.15, -0.1) is 0 Å². The number of hydrogen-bond acceptors (Lipinski definition) is 1. The summed E-state index contributed by atoms with van der Waals surface area (Å²) in [6.07, 6.45) is 0.500. The van der Waals surface area contributed by atoms with Crippen molar-refractivity contribution in [1.29, 1.82) is 0 Å². The van der Waals surface area contributed by atoms with Gasteiger partial charge in [0.2, 0.25) is 0 Å². The van der Waals surface area contributed by atoms with Gasteiger partial charge in [-0.2, -0.15) is 0 Å². The number of nitrogens with zero attached hydrogens (tertiary/aromatic N) is 1. The van der Waals surface area contributed by atoms with Crippen molar-refractivity contribution in [1.82, 2.24) is 0 Å². The summed E-state index contributed by atoms with van der Waals surface area (Å²) in [4.78, 5) is 8.24. The van der Waals surface area contributed by atoms with Gasteiger partial charge in [-0.05, 0) is 6.08 Å². The van der Waals surface area contributed by atoms with Gasteiger partial charge < -0.3 is 5.41 Å². The van der Waals surface area contributed by atoms with Crippen LogP contribution in [0, 0.1) is 0 Å². The molecular weight excluding hydrogens is 143 g/mol. The van der Waals surface area contributed by atoms with Crippen LogP contribution < -0.4 is 0 Å². The Balaban J connectivity index is 0. The molecule has 0 aliphatic heterocycles. The Morgan fingerprint density at radius 2 is 1.75 bits per heavy atom. The van der Waals surface area contributed by atoms with Crippen LogP contribution in [0.1, 0.15) is 0 Å². The number of isocyanates is 1. The van der Waals surface area contributed by atoms with Gasteiger partial charge >= 0.3 is 19.5 Å². The minimum atomic E-state index is 0. The first-order valence-electron chi connectivity index (χ1n) is 0.428. The van der Waals surface area contributed by atoms with Crippen LogP contribution in [0.5, 0.6) is 0 Å². The predicted molar refractivity (Wildman–Crippen MR) is 9.05 cm³/mol. The number of rotatable bonds is 0. The maximum atomic E-state index is 8.24. The molecule has 4 heavy (non-hydrogen) atoms. The quantitative estimate of drug-likeness (QED) is 0.265. The maximum Gasteiger partial charge on any atom is 1.00 e. The van der Waals surface area contributed by atoms with Crippen molar-refractivity contribution in [2.24, 2.45) is 0 Å². The first kappa shape index (κ1) is 9.00. The van der Waals surface area contributed by atoms with Crippen molar-refractivity contribution in [3.05, 3.63) is 5.41 Å². The molecular formula is CNORu. The molecule has 0 atom stereocenters. The Hall–Kier alpha value is 0.00338. The van der Waals surface area contributed by atoms with Gasteiger partial charge in [0, 0.05) is 0 Å². The Morgan fingerprint density at radius 3 is 1.75 bits per heavy atom. The summed E-state index contributed by atoms with van der Waals surface area (Å²) in [6, 6.07) is 0. The van der Waals surface area contributed by atoms with E-state index in [9.17, 15) is 0 Å². The molecule has 0 aliphatic rings. The molecule has 0 N–H and O–H groups in total. The SMILES string of the molecule is [N-]=C=O.[Ru+]. The molecule has 3 heteroatoms. The van der Waals surface area contributed by atoms with E-state index in [0.29, 0.717) is 6.08 Å². The number of carbonyl (C=O) groups excluding carboxylic acids is 1. The van der Waals surface area contributed by atoms with Crippen molar-refractivity contribution < 1.29 is 24.3 Å². The summed E-state index contributed by atoms with van der Waals surface area (Å²) in [5.41, 5.74) is 0. The van der Waals surface area contributed by atoms with Gasteiger partial charge in [0.05, 0.1) is 0 Å². The van der Waals surface area contributed by atoms with Gasteiger partial charge in [0.1, 0.15) is 0 Å². The first-order chi connectivity index (χ1) is 1.41. The zero-order valence-electron chi connectivity index (χ0n) is 1.71. The second-order valence-corrected chi connectivity index (χ2v) is 0.0913. The molecule has 0 aromatic carbocycles. The minimum Gasteiger partial charge on any atom is -0.724 e. The van der Waals surface area contributed by atoms with Crippen LogP contribution in [0.3, 0.4) is 0 Å².